The molecule has 0 saturated carbocycles. The number of nitrogens with one attached hydrogen (secondary N) is 1. The maximum atomic E-state index is 3.43. The summed E-state index contributed by atoms with van der Waals surface area (Å²) in [5.41, 5.74) is 4.43. The van der Waals surface area contributed by atoms with Gasteiger partial charge in [-0.2, -0.15) is 0 Å². The van der Waals surface area contributed by atoms with Gasteiger partial charge < -0.3 is 15.1 Å². The molecule has 3 nitrogen and oxygen atoms in total. The molecule has 0 atom stereocenters. The van der Waals surface area contributed by atoms with Gasteiger partial charge in [0.2, 0.25) is 0 Å². The van der Waals surface area contributed by atoms with Gasteiger partial charge in [-0.1, -0.05) is 17.7 Å². The van der Waals surface area contributed by atoms with Crippen LogP contribution in [0.15, 0.2) is 18.2 Å². The van der Waals surface area contributed by atoms with Crippen molar-refractivity contribution < 1.29 is 0 Å². The van der Waals surface area contributed by atoms with Gasteiger partial charge in [0.1, 0.15) is 0 Å². The molecule has 1 aromatic carbocycles. The average Bonchev–Trinajstić information content (AvgIpc) is 3.00. The zero-order chi connectivity index (χ0) is 13.8. The minimum Gasteiger partial charge on any atom is -0.371 e. The lowest BCUT2D eigenvalue weighted by Crippen LogP contribution is -2.44. The molecule has 2 fully saturated rings. The third-order valence-corrected chi connectivity index (χ3v) is 4.59. The number of anilines is 1. The van der Waals surface area contributed by atoms with Gasteiger partial charge >= 0.3 is 0 Å². The van der Waals surface area contributed by atoms with Crippen LogP contribution >= 0.6 is 0 Å². The molecular weight excluding hydrogens is 246 g/mol. The van der Waals surface area contributed by atoms with Crippen molar-refractivity contribution >= 4 is 5.69 Å². The number of rotatable bonds is 4. The Hall–Kier alpha value is -1.06. The first-order valence-electron chi connectivity index (χ1n) is 8.10. The quantitative estimate of drug-likeness (QED) is 0.906. The molecule has 0 aliphatic carbocycles. The van der Waals surface area contributed by atoms with E-state index in [-0.39, 0.29) is 0 Å². The van der Waals surface area contributed by atoms with Crippen molar-refractivity contribution in [2.45, 2.75) is 26.2 Å². The molecule has 0 radical (unpaired) electrons. The maximum absolute atomic E-state index is 3.43. The maximum Gasteiger partial charge on any atom is 0.0399 e. The van der Waals surface area contributed by atoms with E-state index in [1.165, 1.54) is 63.2 Å². The molecule has 0 spiro atoms. The molecule has 2 heterocycles. The number of piperazine rings is 1. The molecule has 110 valence electrons. The molecule has 2 aliphatic rings. The number of aryl methyl sites for hydroxylation is 1. The molecule has 3 rings (SSSR count). The van der Waals surface area contributed by atoms with Crippen molar-refractivity contribution in [2.24, 2.45) is 0 Å². The van der Waals surface area contributed by atoms with Gasteiger partial charge in [-0.3, -0.25) is 0 Å². The summed E-state index contributed by atoms with van der Waals surface area (Å²) in [4.78, 5) is 5.17. The fraction of sp³-hybridized carbons (Fsp3) is 0.647. The molecule has 0 amide bonds. The zero-order valence-corrected chi connectivity index (χ0v) is 12.7. The molecule has 0 aromatic heterocycles. The second-order valence-corrected chi connectivity index (χ2v) is 6.17. The summed E-state index contributed by atoms with van der Waals surface area (Å²) in [6.45, 7) is 10.6. The highest BCUT2D eigenvalue weighted by Crippen LogP contribution is 2.26. The Morgan fingerprint density at radius 2 is 1.80 bits per heavy atom. The number of hydrogen-bond acceptors (Lipinski definition) is 3. The molecule has 2 aliphatic heterocycles. The first kappa shape index (κ1) is 13.9. The van der Waals surface area contributed by atoms with Gasteiger partial charge in [0.05, 0.1) is 0 Å². The van der Waals surface area contributed by atoms with Gasteiger partial charge in [0, 0.05) is 51.5 Å². The van der Waals surface area contributed by atoms with Crippen LogP contribution in [0, 0.1) is 6.92 Å². The Morgan fingerprint density at radius 1 is 1.05 bits per heavy atom. The summed E-state index contributed by atoms with van der Waals surface area (Å²) in [5, 5.41) is 3.43. The number of hydrogen-bond donors (Lipinski definition) is 1. The van der Waals surface area contributed by atoms with Gasteiger partial charge in [-0.25, -0.2) is 0 Å². The lowest BCUT2D eigenvalue weighted by atomic mass is 10.0. The third-order valence-electron chi connectivity index (χ3n) is 4.59. The Kier molecular flexibility index (Phi) is 4.58. The third kappa shape index (κ3) is 3.33. The first-order valence-corrected chi connectivity index (χ1v) is 8.10. The molecule has 20 heavy (non-hydrogen) atoms. The van der Waals surface area contributed by atoms with Gasteiger partial charge in [-0.05, 0) is 37.8 Å². The molecule has 3 heteroatoms. The second kappa shape index (κ2) is 6.59. The number of benzene rings is 1. The van der Waals surface area contributed by atoms with Crippen molar-refractivity contribution in [3.05, 3.63) is 29.3 Å². The Morgan fingerprint density at radius 3 is 2.55 bits per heavy atom. The fourth-order valence-corrected chi connectivity index (χ4v) is 3.39. The Balaban J connectivity index is 1.68. The van der Waals surface area contributed by atoms with Gasteiger partial charge in [0.15, 0.2) is 0 Å². The van der Waals surface area contributed by atoms with Gasteiger partial charge in [-0.15, -0.1) is 0 Å². The van der Waals surface area contributed by atoms with Crippen LogP contribution in [0.4, 0.5) is 5.69 Å². The van der Waals surface area contributed by atoms with E-state index in [4.69, 9.17) is 0 Å². The van der Waals surface area contributed by atoms with E-state index in [1.54, 1.807) is 5.56 Å². The minimum atomic E-state index is 1.15. The molecule has 1 N–H and O–H groups in total. The fourth-order valence-electron chi connectivity index (χ4n) is 3.39. The topological polar surface area (TPSA) is 18.5 Å². The van der Waals surface area contributed by atoms with E-state index >= 15 is 0 Å². The Labute approximate surface area is 123 Å². The largest absolute Gasteiger partial charge is 0.371 e. The first-order chi connectivity index (χ1) is 9.83. The highest BCUT2D eigenvalue weighted by molar-refractivity contribution is 5.55. The lowest BCUT2D eigenvalue weighted by Gasteiger charge is -2.28. The summed E-state index contributed by atoms with van der Waals surface area (Å²) in [5.74, 6) is 0. The van der Waals surface area contributed by atoms with Crippen LogP contribution < -0.4 is 10.2 Å². The van der Waals surface area contributed by atoms with Crippen LogP contribution in [0.25, 0.3) is 0 Å². The van der Waals surface area contributed by atoms with Crippen LogP contribution in [0.2, 0.25) is 0 Å². The average molecular weight is 273 g/mol. The summed E-state index contributed by atoms with van der Waals surface area (Å²) >= 11 is 0. The molecule has 1 aromatic rings. The molecular formula is C17H27N3. The van der Waals surface area contributed by atoms with Crippen molar-refractivity contribution in [1.29, 1.82) is 0 Å². The monoisotopic (exact) mass is 273 g/mol. The summed E-state index contributed by atoms with van der Waals surface area (Å²) < 4.78 is 0. The summed E-state index contributed by atoms with van der Waals surface area (Å²) in [7, 11) is 0. The van der Waals surface area contributed by atoms with Crippen LogP contribution in [0.5, 0.6) is 0 Å². The van der Waals surface area contributed by atoms with E-state index in [9.17, 15) is 0 Å². The van der Waals surface area contributed by atoms with Crippen molar-refractivity contribution in [1.82, 2.24) is 10.2 Å². The summed E-state index contributed by atoms with van der Waals surface area (Å²) in [6, 6.07) is 7.01. The molecule has 0 bridgehead atoms. The SMILES string of the molecule is Cc1ccc(N2CCCC2)c(CCN2CCNCC2)c1. The van der Waals surface area contributed by atoms with E-state index in [1.807, 2.05) is 0 Å². The van der Waals surface area contributed by atoms with Gasteiger partial charge in [0.25, 0.3) is 0 Å². The van der Waals surface area contributed by atoms with E-state index < -0.39 is 0 Å². The number of nitrogens with zero attached hydrogens (tertiary/aromatic N) is 2. The standard InChI is InChI=1S/C17H27N3/c1-15-4-5-17(20-9-2-3-10-20)16(14-15)6-11-19-12-7-18-8-13-19/h4-5,14,18H,2-3,6-13H2,1H3. The highest BCUT2D eigenvalue weighted by atomic mass is 15.2. The van der Waals surface area contributed by atoms with Crippen LogP contribution in [-0.2, 0) is 6.42 Å². The predicted octanol–water partition coefficient (Wildman–Crippen LogP) is 2.04. The normalized spacial score (nSPS) is 20.6. The van der Waals surface area contributed by atoms with Crippen LogP contribution in [0.3, 0.4) is 0 Å². The minimum absolute atomic E-state index is 1.15. The second-order valence-electron chi connectivity index (χ2n) is 6.17. The molecule has 0 unspecified atom stereocenters. The van der Waals surface area contributed by atoms with E-state index in [0.717, 1.165) is 13.1 Å². The lowest BCUT2D eigenvalue weighted by molar-refractivity contribution is 0.244. The zero-order valence-electron chi connectivity index (χ0n) is 12.7. The van der Waals surface area contributed by atoms with Crippen molar-refractivity contribution in [3.63, 3.8) is 0 Å². The molecule has 2 saturated heterocycles. The van der Waals surface area contributed by atoms with E-state index in [2.05, 4.69) is 40.2 Å². The van der Waals surface area contributed by atoms with Crippen LogP contribution in [0.1, 0.15) is 24.0 Å². The predicted molar refractivity (Wildman–Crippen MR) is 85.6 cm³/mol. The van der Waals surface area contributed by atoms with Crippen molar-refractivity contribution in [3.8, 4) is 0 Å². The van der Waals surface area contributed by atoms with Crippen molar-refractivity contribution in [2.75, 3.05) is 50.7 Å². The summed E-state index contributed by atoms with van der Waals surface area (Å²) in [6.07, 6.45) is 3.89. The van der Waals surface area contributed by atoms with E-state index in [0.29, 0.717) is 0 Å². The Bertz CT molecular complexity index is 432. The highest BCUT2D eigenvalue weighted by Gasteiger charge is 2.16. The smallest absolute Gasteiger partial charge is 0.0399 e. The van der Waals surface area contributed by atoms with Crippen LogP contribution in [-0.4, -0.2) is 50.7 Å².